The van der Waals surface area contributed by atoms with Crippen LogP contribution in [-0.2, 0) is 0 Å². The van der Waals surface area contributed by atoms with Crippen LogP contribution in [0.3, 0.4) is 0 Å². The summed E-state index contributed by atoms with van der Waals surface area (Å²) in [6, 6.07) is 8.66. The molecule has 1 aromatic heterocycles. The number of halogens is 1. The fourth-order valence-corrected chi connectivity index (χ4v) is 3.39. The molecule has 0 aliphatic rings. The molecule has 0 aliphatic carbocycles. The second-order valence-electron chi connectivity index (χ2n) is 4.51. The highest BCUT2D eigenvalue weighted by atomic mass is 79.9. The zero-order valence-electron chi connectivity index (χ0n) is 11.6. The largest absolute Gasteiger partial charge is 0.310 e. The highest BCUT2D eigenvalue weighted by molar-refractivity contribution is 9.10. The van der Waals surface area contributed by atoms with Crippen LogP contribution < -0.4 is 5.32 Å². The average Bonchev–Trinajstić information content (AvgIpc) is 2.46. The molecule has 3 nitrogen and oxygen atoms in total. The Morgan fingerprint density at radius 3 is 2.90 bits per heavy atom. The van der Waals surface area contributed by atoms with Crippen molar-refractivity contribution in [3.63, 3.8) is 0 Å². The molecule has 106 valence electrons. The minimum Gasteiger partial charge on any atom is -0.310 e. The molecule has 5 heteroatoms. The van der Waals surface area contributed by atoms with Crippen LogP contribution >= 0.6 is 27.7 Å². The predicted molar refractivity (Wildman–Crippen MR) is 87.0 cm³/mol. The topological polar surface area (TPSA) is 37.8 Å². The molecule has 0 saturated carbocycles. The first kappa shape index (κ1) is 15.5. The average molecular weight is 352 g/mol. The lowest BCUT2D eigenvalue weighted by Crippen LogP contribution is -2.19. The third-order valence-electron chi connectivity index (χ3n) is 2.91. The van der Waals surface area contributed by atoms with E-state index in [1.807, 2.05) is 6.07 Å². The van der Waals surface area contributed by atoms with E-state index >= 15 is 0 Å². The molecule has 1 N–H and O–H groups in total. The molecule has 0 bridgehead atoms. The van der Waals surface area contributed by atoms with Gasteiger partial charge in [-0.05, 0) is 43.7 Å². The summed E-state index contributed by atoms with van der Waals surface area (Å²) >= 11 is 5.21. The van der Waals surface area contributed by atoms with Gasteiger partial charge in [-0.25, -0.2) is 9.97 Å². The molecule has 0 fully saturated rings. The third-order valence-corrected chi connectivity index (χ3v) is 4.43. The van der Waals surface area contributed by atoms with Crippen LogP contribution in [0.25, 0.3) is 0 Å². The summed E-state index contributed by atoms with van der Waals surface area (Å²) in [7, 11) is 0. The fourth-order valence-electron chi connectivity index (χ4n) is 1.88. The van der Waals surface area contributed by atoms with Gasteiger partial charge in [0.2, 0.25) is 0 Å². The summed E-state index contributed by atoms with van der Waals surface area (Å²) in [5.74, 6) is 0. The molecule has 1 unspecified atom stereocenters. The molecule has 20 heavy (non-hydrogen) atoms. The molecule has 1 aromatic carbocycles. The molecule has 0 radical (unpaired) electrons. The van der Waals surface area contributed by atoms with E-state index in [2.05, 4.69) is 63.3 Å². The van der Waals surface area contributed by atoms with Crippen LogP contribution in [0.5, 0.6) is 0 Å². The van der Waals surface area contributed by atoms with Crippen LogP contribution in [0.2, 0.25) is 0 Å². The first-order chi connectivity index (χ1) is 9.70. The predicted octanol–water partition coefficient (Wildman–Crippen LogP) is 4.45. The molecule has 2 rings (SSSR count). The zero-order chi connectivity index (χ0) is 14.4. The van der Waals surface area contributed by atoms with Crippen molar-refractivity contribution in [3.8, 4) is 0 Å². The van der Waals surface area contributed by atoms with Gasteiger partial charge in [0.15, 0.2) is 0 Å². The van der Waals surface area contributed by atoms with Gasteiger partial charge in [0.25, 0.3) is 0 Å². The molecule has 0 aliphatic heterocycles. The molecule has 0 spiro atoms. The van der Waals surface area contributed by atoms with Crippen molar-refractivity contribution in [2.75, 3.05) is 6.54 Å². The first-order valence-electron chi connectivity index (χ1n) is 6.67. The Kier molecular flexibility index (Phi) is 6.01. The second kappa shape index (κ2) is 7.76. The zero-order valence-corrected chi connectivity index (χ0v) is 14.0. The lowest BCUT2D eigenvalue weighted by atomic mass is 10.1. The number of nitrogens with zero attached hydrogens (tertiary/aromatic N) is 2. The van der Waals surface area contributed by atoms with E-state index in [4.69, 9.17) is 0 Å². The molecule has 1 heterocycles. The number of rotatable bonds is 6. The Morgan fingerprint density at radius 2 is 2.20 bits per heavy atom. The summed E-state index contributed by atoms with van der Waals surface area (Å²) in [4.78, 5) is 9.46. The number of aromatic nitrogens is 2. The Labute approximate surface area is 132 Å². The van der Waals surface area contributed by atoms with E-state index in [9.17, 15) is 0 Å². The minimum absolute atomic E-state index is 0.326. The molecule has 0 saturated heterocycles. The monoisotopic (exact) mass is 351 g/mol. The van der Waals surface area contributed by atoms with Gasteiger partial charge in [0, 0.05) is 21.6 Å². The summed E-state index contributed by atoms with van der Waals surface area (Å²) in [6.45, 7) is 5.40. The van der Waals surface area contributed by atoms with Crippen molar-refractivity contribution >= 4 is 27.7 Å². The smallest absolute Gasteiger partial charge is 0.116 e. The molecular weight excluding hydrogens is 334 g/mol. The standard InChI is InChI=1S/C15H18BrN3S/c1-3-7-18-11(2)13-5-4-12(16)9-14(13)20-15-6-8-17-10-19-15/h4-6,8-11,18H,3,7H2,1-2H3. The summed E-state index contributed by atoms with van der Waals surface area (Å²) in [5.41, 5.74) is 1.30. The van der Waals surface area contributed by atoms with Crippen molar-refractivity contribution in [1.29, 1.82) is 0 Å². The summed E-state index contributed by atoms with van der Waals surface area (Å²) < 4.78 is 1.08. The van der Waals surface area contributed by atoms with Crippen molar-refractivity contribution in [2.45, 2.75) is 36.2 Å². The number of hydrogen-bond donors (Lipinski definition) is 1. The Hall–Kier alpha value is -0.910. The lowest BCUT2D eigenvalue weighted by Gasteiger charge is -2.17. The van der Waals surface area contributed by atoms with Gasteiger partial charge in [-0.3, -0.25) is 0 Å². The van der Waals surface area contributed by atoms with Crippen molar-refractivity contribution in [2.24, 2.45) is 0 Å². The summed E-state index contributed by atoms with van der Waals surface area (Å²) in [5, 5.41) is 4.49. The maximum atomic E-state index is 4.28. The SMILES string of the molecule is CCCNC(C)c1ccc(Br)cc1Sc1ccncn1. The Balaban J connectivity index is 2.24. The van der Waals surface area contributed by atoms with E-state index in [-0.39, 0.29) is 0 Å². The summed E-state index contributed by atoms with van der Waals surface area (Å²) in [6.07, 6.45) is 4.49. The quantitative estimate of drug-likeness (QED) is 0.780. The van der Waals surface area contributed by atoms with Crippen LogP contribution in [0.1, 0.15) is 31.9 Å². The van der Waals surface area contributed by atoms with Gasteiger partial charge in [0.05, 0.1) is 0 Å². The van der Waals surface area contributed by atoms with Gasteiger partial charge in [0.1, 0.15) is 11.4 Å². The number of benzene rings is 1. The number of nitrogens with one attached hydrogen (secondary N) is 1. The van der Waals surface area contributed by atoms with Crippen molar-refractivity contribution in [1.82, 2.24) is 15.3 Å². The van der Waals surface area contributed by atoms with Gasteiger partial charge in [-0.15, -0.1) is 0 Å². The Morgan fingerprint density at radius 1 is 1.35 bits per heavy atom. The van der Waals surface area contributed by atoms with E-state index < -0.39 is 0 Å². The molecule has 2 aromatic rings. The fraction of sp³-hybridized carbons (Fsp3) is 0.333. The third kappa shape index (κ3) is 4.30. The maximum Gasteiger partial charge on any atom is 0.116 e. The first-order valence-corrected chi connectivity index (χ1v) is 8.28. The number of hydrogen-bond acceptors (Lipinski definition) is 4. The van der Waals surface area contributed by atoms with E-state index in [1.54, 1.807) is 24.3 Å². The van der Waals surface area contributed by atoms with E-state index in [0.717, 1.165) is 22.5 Å². The van der Waals surface area contributed by atoms with E-state index in [1.165, 1.54) is 10.5 Å². The highest BCUT2D eigenvalue weighted by Gasteiger charge is 2.12. The lowest BCUT2D eigenvalue weighted by molar-refractivity contribution is 0.563. The maximum absolute atomic E-state index is 4.28. The van der Waals surface area contributed by atoms with Crippen LogP contribution in [0.15, 0.2) is 51.2 Å². The van der Waals surface area contributed by atoms with Crippen molar-refractivity contribution < 1.29 is 0 Å². The van der Waals surface area contributed by atoms with Gasteiger partial charge in [-0.2, -0.15) is 0 Å². The van der Waals surface area contributed by atoms with Crippen LogP contribution in [0, 0.1) is 0 Å². The van der Waals surface area contributed by atoms with Crippen LogP contribution in [0.4, 0.5) is 0 Å². The highest BCUT2D eigenvalue weighted by Crippen LogP contribution is 2.34. The van der Waals surface area contributed by atoms with Crippen LogP contribution in [-0.4, -0.2) is 16.5 Å². The minimum atomic E-state index is 0.326. The molecule has 0 amide bonds. The van der Waals surface area contributed by atoms with Gasteiger partial charge >= 0.3 is 0 Å². The molecule has 1 atom stereocenters. The normalized spacial score (nSPS) is 12.3. The van der Waals surface area contributed by atoms with Crippen molar-refractivity contribution in [3.05, 3.63) is 46.8 Å². The second-order valence-corrected chi connectivity index (χ2v) is 6.49. The van der Waals surface area contributed by atoms with Gasteiger partial charge < -0.3 is 5.32 Å². The Bertz CT molecular complexity index is 548. The van der Waals surface area contributed by atoms with Gasteiger partial charge in [-0.1, -0.05) is 40.7 Å². The van der Waals surface area contributed by atoms with E-state index in [0.29, 0.717) is 6.04 Å². The molecular formula is C15H18BrN3S.